The SMILES string of the molecule is CCCCCCCCCCCCCCC[N+](C)(CCCCCCCCCCCCCCC)CCCCCCCCCCCCCCC.O=N[O-]. The molecule has 0 radical (unpaired) electrons. The van der Waals surface area contributed by atoms with E-state index in [0.29, 0.717) is 0 Å². The molecule has 50 heavy (non-hydrogen) atoms. The first-order valence-electron chi connectivity index (χ1n) is 23.4. The fraction of sp³-hybridized carbons (Fsp3) is 1.00. The van der Waals surface area contributed by atoms with Crippen molar-refractivity contribution in [3.63, 3.8) is 0 Å². The Balaban J connectivity index is 0. The van der Waals surface area contributed by atoms with Crippen molar-refractivity contribution in [3.05, 3.63) is 10.1 Å². The lowest BCUT2D eigenvalue weighted by Crippen LogP contribution is -2.46. The van der Waals surface area contributed by atoms with E-state index in [4.69, 9.17) is 10.1 Å². The summed E-state index contributed by atoms with van der Waals surface area (Å²) in [7, 11) is 2.63. The molecule has 0 aliphatic heterocycles. The zero-order chi connectivity index (χ0) is 36.9. The van der Waals surface area contributed by atoms with Gasteiger partial charge in [0.1, 0.15) is 0 Å². The Morgan fingerprint density at radius 1 is 0.300 bits per heavy atom. The van der Waals surface area contributed by atoms with Gasteiger partial charge in [0, 0.05) is 0 Å². The lowest BCUT2D eigenvalue weighted by atomic mass is 10.0. The fourth-order valence-corrected chi connectivity index (χ4v) is 7.87. The second-order valence-corrected chi connectivity index (χ2v) is 16.6. The van der Waals surface area contributed by atoms with Gasteiger partial charge in [-0.15, -0.1) is 5.34 Å². The highest BCUT2D eigenvalue weighted by molar-refractivity contribution is 4.54. The van der Waals surface area contributed by atoms with Gasteiger partial charge in [-0.05, 0) is 38.5 Å². The quantitative estimate of drug-likeness (QED) is 0.0274. The van der Waals surface area contributed by atoms with Crippen molar-refractivity contribution in [2.75, 3.05) is 26.7 Å². The molecule has 0 unspecified atom stereocenters. The van der Waals surface area contributed by atoms with Crippen LogP contribution in [0.25, 0.3) is 0 Å². The molecule has 0 atom stereocenters. The van der Waals surface area contributed by atoms with Crippen molar-refractivity contribution in [1.82, 2.24) is 0 Å². The van der Waals surface area contributed by atoms with Crippen molar-refractivity contribution in [2.24, 2.45) is 5.34 Å². The Morgan fingerprint density at radius 2 is 0.420 bits per heavy atom. The molecule has 0 aromatic rings. The maximum absolute atomic E-state index is 8.00. The van der Waals surface area contributed by atoms with Crippen LogP contribution in [-0.4, -0.2) is 31.2 Å². The molecule has 0 aromatic heterocycles. The Kier molecular flexibility index (Phi) is 47.7. The minimum Gasteiger partial charge on any atom is -0.444 e. The Hall–Kier alpha value is -0.640. The largest absolute Gasteiger partial charge is 0.444 e. The van der Waals surface area contributed by atoms with Crippen LogP contribution in [0.4, 0.5) is 0 Å². The first kappa shape index (κ1) is 51.5. The van der Waals surface area contributed by atoms with E-state index in [2.05, 4.69) is 27.8 Å². The van der Waals surface area contributed by atoms with Crippen LogP contribution in [-0.2, 0) is 0 Å². The van der Waals surface area contributed by atoms with E-state index in [-0.39, 0.29) is 0 Å². The third-order valence-electron chi connectivity index (χ3n) is 11.4. The van der Waals surface area contributed by atoms with Gasteiger partial charge in [0.05, 0.1) is 26.7 Å². The maximum atomic E-state index is 8.00. The molecule has 0 N–H and O–H groups in total. The summed E-state index contributed by atoms with van der Waals surface area (Å²) in [6.45, 7) is 11.3. The van der Waals surface area contributed by atoms with Gasteiger partial charge in [-0.2, -0.15) is 0 Å². The Morgan fingerprint density at radius 3 is 0.560 bits per heavy atom. The summed E-state index contributed by atoms with van der Waals surface area (Å²) in [5.74, 6) is 0. The van der Waals surface area contributed by atoms with Gasteiger partial charge in [-0.25, -0.2) is 0 Å². The van der Waals surface area contributed by atoms with E-state index in [9.17, 15) is 0 Å². The molecule has 0 amide bonds. The number of rotatable bonds is 42. The topological polar surface area (TPSA) is 52.5 Å². The normalized spacial score (nSPS) is 11.5. The summed E-state index contributed by atoms with van der Waals surface area (Å²) in [5, 5.41) is 9.00. The number of quaternary nitrogens is 1. The van der Waals surface area contributed by atoms with Crippen LogP contribution in [0.2, 0.25) is 0 Å². The molecule has 0 aliphatic rings. The van der Waals surface area contributed by atoms with Crippen molar-refractivity contribution >= 4 is 0 Å². The Labute approximate surface area is 317 Å². The maximum Gasteiger partial charge on any atom is 0.0784 e. The second-order valence-electron chi connectivity index (χ2n) is 16.6. The third-order valence-corrected chi connectivity index (χ3v) is 11.4. The van der Waals surface area contributed by atoms with Crippen LogP contribution in [0, 0.1) is 10.1 Å². The van der Waals surface area contributed by atoms with Gasteiger partial charge in [0.2, 0.25) is 0 Å². The molecule has 0 aliphatic carbocycles. The van der Waals surface area contributed by atoms with Gasteiger partial charge in [-0.1, -0.05) is 233 Å². The van der Waals surface area contributed by atoms with Crippen LogP contribution in [0.15, 0.2) is 5.34 Å². The number of hydrogen-bond acceptors (Lipinski definition) is 3. The van der Waals surface area contributed by atoms with E-state index < -0.39 is 0 Å². The molecule has 302 valence electrons. The number of nitrogens with zero attached hydrogens (tertiary/aromatic N) is 2. The van der Waals surface area contributed by atoms with Gasteiger partial charge in [0.15, 0.2) is 0 Å². The van der Waals surface area contributed by atoms with Gasteiger partial charge < -0.3 is 14.6 Å². The lowest BCUT2D eigenvalue weighted by Gasteiger charge is -2.35. The van der Waals surface area contributed by atoms with Gasteiger partial charge in [-0.3, -0.25) is 0 Å². The summed E-state index contributed by atoms with van der Waals surface area (Å²) in [6.07, 6.45) is 57.2. The summed E-state index contributed by atoms with van der Waals surface area (Å²) in [5.41, 5.74) is 0. The standard InChI is InChI=1S/C46H96N.HNO2/c1-5-8-11-14-17-20-23-26-29-32-35-38-41-44-47(4,45-42-39-36-33-30-27-24-21-18-15-12-9-6-2)46-43-40-37-34-31-28-25-22-19-16-13-10-7-3;2-1-3/h5-46H2,1-4H3;(H,2,3)/q+1;/p-1. The molecule has 4 nitrogen and oxygen atoms in total. The zero-order valence-corrected chi connectivity index (χ0v) is 35.4. The lowest BCUT2D eigenvalue weighted by molar-refractivity contribution is -0.910. The summed E-state index contributed by atoms with van der Waals surface area (Å²) in [4.78, 5) is 8.00. The highest BCUT2D eigenvalue weighted by Crippen LogP contribution is 2.19. The summed E-state index contributed by atoms with van der Waals surface area (Å²) < 4.78 is 1.37. The van der Waals surface area contributed by atoms with Crippen LogP contribution in [0.5, 0.6) is 0 Å². The van der Waals surface area contributed by atoms with Crippen molar-refractivity contribution in [2.45, 2.75) is 271 Å². The van der Waals surface area contributed by atoms with E-state index in [0.717, 1.165) is 5.34 Å². The van der Waals surface area contributed by atoms with Gasteiger partial charge in [0.25, 0.3) is 0 Å². The predicted octanol–water partition coefficient (Wildman–Crippen LogP) is 17.0. The van der Waals surface area contributed by atoms with Crippen LogP contribution < -0.4 is 0 Å². The smallest absolute Gasteiger partial charge is 0.0784 e. The molecule has 0 rings (SSSR count). The van der Waals surface area contributed by atoms with Crippen LogP contribution >= 0.6 is 0 Å². The minimum absolute atomic E-state index is 1.00. The minimum atomic E-state index is 1.00. The third kappa shape index (κ3) is 45.4. The highest BCUT2D eigenvalue weighted by atomic mass is 16.6. The molecule has 0 heterocycles. The molecular formula is C46H96N2O2. The summed E-state index contributed by atoms with van der Waals surface area (Å²) >= 11 is 0. The zero-order valence-electron chi connectivity index (χ0n) is 35.4. The van der Waals surface area contributed by atoms with E-state index in [1.807, 2.05) is 0 Å². The second kappa shape index (κ2) is 46.4. The molecule has 4 heteroatoms. The summed E-state index contributed by atoms with van der Waals surface area (Å²) in [6, 6.07) is 0. The molecule has 0 bridgehead atoms. The molecule has 0 saturated heterocycles. The highest BCUT2D eigenvalue weighted by Gasteiger charge is 2.20. The van der Waals surface area contributed by atoms with E-state index in [1.165, 1.54) is 275 Å². The molecule has 0 spiro atoms. The first-order chi connectivity index (χ1) is 24.6. The number of hydrogen-bond donors (Lipinski definition) is 0. The van der Waals surface area contributed by atoms with E-state index in [1.54, 1.807) is 0 Å². The Bertz CT molecular complexity index is 525. The number of unbranched alkanes of at least 4 members (excludes halogenated alkanes) is 36. The monoisotopic (exact) mass is 709 g/mol. The van der Waals surface area contributed by atoms with Crippen LogP contribution in [0.3, 0.4) is 0 Å². The van der Waals surface area contributed by atoms with Crippen molar-refractivity contribution in [1.29, 1.82) is 0 Å². The van der Waals surface area contributed by atoms with Crippen molar-refractivity contribution < 1.29 is 4.48 Å². The average Bonchev–Trinajstić information content (AvgIpc) is 3.11. The molecule has 0 saturated carbocycles. The first-order valence-corrected chi connectivity index (χ1v) is 23.4. The molecule has 0 fully saturated rings. The molecule has 0 aromatic carbocycles. The van der Waals surface area contributed by atoms with Crippen LogP contribution in [0.1, 0.15) is 271 Å². The van der Waals surface area contributed by atoms with E-state index >= 15 is 0 Å². The predicted molar refractivity (Wildman–Crippen MR) is 227 cm³/mol. The fourth-order valence-electron chi connectivity index (χ4n) is 7.87. The van der Waals surface area contributed by atoms with Crippen molar-refractivity contribution in [3.8, 4) is 0 Å². The average molecular weight is 709 g/mol. The molecular weight excluding hydrogens is 613 g/mol. The van der Waals surface area contributed by atoms with Gasteiger partial charge >= 0.3 is 0 Å².